The van der Waals surface area contributed by atoms with Crippen LogP contribution in [0.1, 0.15) is 11.1 Å². The summed E-state index contributed by atoms with van der Waals surface area (Å²) in [4.78, 5) is 4.83. The smallest absolute Gasteiger partial charge is 0.208 e. The number of hydrogen-bond donors (Lipinski definition) is 1. The summed E-state index contributed by atoms with van der Waals surface area (Å²) in [6.07, 6.45) is 0. The molecule has 0 aliphatic heterocycles. The minimum atomic E-state index is 0.636. The summed E-state index contributed by atoms with van der Waals surface area (Å²) in [6.45, 7) is 4.08. The molecule has 0 fully saturated rings. The highest BCUT2D eigenvalue weighted by Crippen LogP contribution is 2.37. The molecule has 1 heterocycles. The Morgan fingerprint density at radius 3 is 2.43 bits per heavy atom. The maximum absolute atomic E-state index is 6.19. The quantitative estimate of drug-likeness (QED) is 0.412. The van der Waals surface area contributed by atoms with Crippen molar-refractivity contribution in [3.8, 4) is 22.6 Å². The molecule has 3 aromatic carbocycles. The van der Waals surface area contributed by atoms with E-state index < -0.39 is 0 Å². The Bertz CT molecular complexity index is 1250. The molecule has 4 rings (SSSR count). The summed E-state index contributed by atoms with van der Waals surface area (Å²) < 4.78 is 13.0. The van der Waals surface area contributed by atoms with Crippen molar-refractivity contribution >= 4 is 34.3 Å². The van der Waals surface area contributed by atoms with Crippen molar-refractivity contribution in [1.82, 2.24) is 9.55 Å². The van der Waals surface area contributed by atoms with Crippen molar-refractivity contribution in [2.24, 2.45) is 7.05 Å². The zero-order valence-electron chi connectivity index (χ0n) is 17.7. The fourth-order valence-corrected chi connectivity index (χ4v) is 4.07. The van der Waals surface area contributed by atoms with Crippen LogP contribution < -0.4 is 14.8 Å². The van der Waals surface area contributed by atoms with Crippen molar-refractivity contribution in [1.29, 1.82) is 0 Å². The van der Waals surface area contributed by atoms with Crippen LogP contribution in [0.25, 0.3) is 22.2 Å². The fraction of sp³-hybridized carbons (Fsp3) is 0.208. The van der Waals surface area contributed by atoms with Crippen molar-refractivity contribution < 1.29 is 9.47 Å². The number of nitrogens with one attached hydrogen (secondary N) is 1. The first-order valence-electron chi connectivity index (χ1n) is 9.64. The molecule has 0 saturated heterocycles. The van der Waals surface area contributed by atoms with Gasteiger partial charge in [0.05, 0.1) is 30.9 Å². The van der Waals surface area contributed by atoms with Gasteiger partial charge in [0.1, 0.15) is 11.5 Å². The number of fused-ring (bicyclic) bond motifs is 1. The predicted octanol–water partition coefficient (Wildman–Crippen LogP) is 6.27. The fourth-order valence-electron chi connectivity index (χ4n) is 3.81. The second-order valence-corrected chi connectivity index (χ2v) is 7.71. The van der Waals surface area contributed by atoms with E-state index in [0.29, 0.717) is 10.8 Å². The standard InChI is InChI=1S/C24H24ClN3O2/c1-14-12-17(29-4)9-10-18(14)19-7-6-8-20-23(19)28(3)24(26-20)27-22-15(2)11-16(25)13-21(22)30-5/h6-13H,1-5H3,(H,26,27). The van der Waals surface area contributed by atoms with Gasteiger partial charge in [-0.15, -0.1) is 0 Å². The number of rotatable bonds is 5. The largest absolute Gasteiger partial charge is 0.497 e. The Labute approximate surface area is 181 Å². The van der Waals surface area contributed by atoms with Crippen LogP contribution in [0.15, 0.2) is 48.5 Å². The minimum Gasteiger partial charge on any atom is -0.497 e. The molecule has 0 amide bonds. The molecule has 1 N–H and O–H groups in total. The van der Waals surface area contributed by atoms with E-state index in [0.717, 1.165) is 50.7 Å². The Morgan fingerprint density at radius 1 is 0.933 bits per heavy atom. The number of nitrogens with zero attached hydrogens (tertiary/aromatic N) is 2. The highest BCUT2D eigenvalue weighted by Gasteiger charge is 2.17. The van der Waals surface area contributed by atoms with Crippen molar-refractivity contribution in [3.05, 3.63) is 64.7 Å². The van der Waals surface area contributed by atoms with E-state index in [-0.39, 0.29) is 0 Å². The van der Waals surface area contributed by atoms with Crippen LogP contribution in [0.4, 0.5) is 11.6 Å². The minimum absolute atomic E-state index is 0.636. The van der Waals surface area contributed by atoms with E-state index in [4.69, 9.17) is 26.1 Å². The number of para-hydroxylation sites is 1. The lowest BCUT2D eigenvalue weighted by molar-refractivity contribution is 0.414. The van der Waals surface area contributed by atoms with Gasteiger partial charge in [-0.2, -0.15) is 0 Å². The molecule has 6 heteroatoms. The zero-order valence-corrected chi connectivity index (χ0v) is 18.5. The summed E-state index contributed by atoms with van der Waals surface area (Å²) in [5.74, 6) is 2.26. The maximum Gasteiger partial charge on any atom is 0.208 e. The van der Waals surface area contributed by atoms with E-state index in [1.165, 1.54) is 0 Å². The zero-order chi connectivity index (χ0) is 21.4. The molecule has 0 spiro atoms. The lowest BCUT2D eigenvalue weighted by atomic mass is 9.99. The van der Waals surface area contributed by atoms with E-state index in [1.54, 1.807) is 20.3 Å². The van der Waals surface area contributed by atoms with Gasteiger partial charge in [0, 0.05) is 23.7 Å². The average molecular weight is 422 g/mol. The number of aryl methyl sites for hydroxylation is 3. The lowest BCUT2D eigenvalue weighted by Gasteiger charge is -2.15. The Balaban J connectivity index is 1.85. The van der Waals surface area contributed by atoms with E-state index in [2.05, 4.69) is 28.9 Å². The second kappa shape index (κ2) is 7.92. The first kappa shape index (κ1) is 20.1. The molecular weight excluding hydrogens is 398 g/mol. The number of benzene rings is 3. The molecule has 154 valence electrons. The molecule has 30 heavy (non-hydrogen) atoms. The van der Waals surface area contributed by atoms with Crippen LogP contribution in [0.2, 0.25) is 5.02 Å². The molecule has 0 atom stereocenters. The van der Waals surface area contributed by atoms with Gasteiger partial charge < -0.3 is 19.4 Å². The van der Waals surface area contributed by atoms with E-state index in [1.807, 2.05) is 44.3 Å². The van der Waals surface area contributed by atoms with Gasteiger partial charge in [0.25, 0.3) is 0 Å². The van der Waals surface area contributed by atoms with Crippen molar-refractivity contribution in [2.45, 2.75) is 13.8 Å². The molecule has 0 radical (unpaired) electrons. The van der Waals surface area contributed by atoms with Crippen LogP contribution in [-0.2, 0) is 7.05 Å². The third-order valence-corrected chi connectivity index (χ3v) is 5.56. The highest BCUT2D eigenvalue weighted by molar-refractivity contribution is 6.31. The number of imidazole rings is 1. The molecule has 1 aromatic heterocycles. The maximum atomic E-state index is 6.19. The summed E-state index contributed by atoms with van der Waals surface area (Å²) >= 11 is 6.19. The molecular formula is C24H24ClN3O2. The van der Waals surface area contributed by atoms with Gasteiger partial charge in [0.15, 0.2) is 0 Å². The van der Waals surface area contributed by atoms with Gasteiger partial charge in [-0.05, 0) is 54.8 Å². The number of ether oxygens (including phenoxy) is 2. The van der Waals surface area contributed by atoms with Gasteiger partial charge in [-0.1, -0.05) is 29.8 Å². The van der Waals surface area contributed by atoms with Gasteiger partial charge in [0.2, 0.25) is 5.95 Å². The van der Waals surface area contributed by atoms with Crippen LogP contribution in [0.5, 0.6) is 11.5 Å². The average Bonchev–Trinajstić information content (AvgIpc) is 3.05. The monoisotopic (exact) mass is 421 g/mol. The normalized spacial score (nSPS) is 11.0. The number of anilines is 2. The SMILES string of the molecule is COc1ccc(-c2cccc3nc(Nc4c(C)cc(Cl)cc4OC)n(C)c23)c(C)c1. The molecule has 5 nitrogen and oxygen atoms in total. The van der Waals surface area contributed by atoms with Crippen LogP contribution in [0, 0.1) is 13.8 Å². The number of halogens is 1. The lowest BCUT2D eigenvalue weighted by Crippen LogP contribution is -2.03. The highest BCUT2D eigenvalue weighted by atomic mass is 35.5. The van der Waals surface area contributed by atoms with E-state index >= 15 is 0 Å². The third-order valence-electron chi connectivity index (χ3n) is 5.34. The van der Waals surface area contributed by atoms with Gasteiger partial charge >= 0.3 is 0 Å². The van der Waals surface area contributed by atoms with Crippen LogP contribution in [-0.4, -0.2) is 23.8 Å². The van der Waals surface area contributed by atoms with E-state index in [9.17, 15) is 0 Å². The molecule has 4 aromatic rings. The molecule has 0 aliphatic carbocycles. The van der Waals surface area contributed by atoms with Crippen molar-refractivity contribution in [2.75, 3.05) is 19.5 Å². The summed E-state index contributed by atoms with van der Waals surface area (Å²) in [5.41, 5.74) is 7.22. The molecule has 0 aliphatic rings. The van der Waals surface area contributed by atoms with Crippen LogP contribution >= 0.6 is 11.6 Å². The summed E-state index contributed by atoms with van der Waals surface area (Å²) in [6, 6.07) is 16.0. The predicted molar refractivity (Wildman–Crippen MR) is 123 cm³/mol. The Morgan fingerprint density at radius 2 is 1.73 bits per heavy atom. The first-order chi connectivity index (χ1) is 14.4. The Kier molecular flexibility index (Phi) is 5.31. The number of methoxy groups -OCH3 is 2. The summed E-state index contributed by atoms with van der Waals surface area (Å²) in [7, 11) is 5.33. The van der Waals surface area contributed by atoms with Crippen molar-refractivity contribution in [3.63, 3.8) is 0 Å². The number of hydrogen-bond acceptors (Lipinski definition) is 4. The molecule has 0 unspecified atom stereocenters. The van der Waals surface area contributed by atoms with Crippen LogP contribution in [0.3, 0.4) is 0 Å². The topological polar surface area (TPSA) is 48.3 Å². The van der Waals surface area contributed by atoms with Gasteiger partial charge in [-0.25, -0.2) is 4.98 Å². The first-order valence-corrected chi connectivity index (χ1v) is 10.0. The second-order valence-electron chi connectivity index (χ2n) is 7.27. The third kappa shape index (κ3) is 3.46. The Hall–Kier alpha value is -3.18. The van der Waals surface area contributed by atoms with Gasteiger partial charge in [-0.3, -0.25) is 0 Å². The molecule has 0 bridgehead atoms. The molecule has 0 saturated carbocycles. The summed E-state index contributed by atoms with van der Waals surface area (Å²) in [5, 5.41) is 4.07. The number of aromatic nitrogens is 2.